The Hall–Kier alpha value is -0.710. The van der Waals surface area contributed by atoms with E-state index in [9.17, 15) is 9.90 Å². The molecule has 0 aliphatic carbocycles. The average Bonchev–Trinajstić information content (AvgIpc) is 2.61. The first-order valence-electron chi connectivity index (χ1n) is 5.44. The summed E-state index contributed by atoms with van der Waals surface area (Å²) in [6.07, 6.45) is -0.612. The predicted molar refractivity (Wildman–Crippen MR) is 71.8 cm³/mol. The lowest BCUT2D eigenvalue weighted by molar-refractivity contribution is -0.0477. The van der Waals surface area contributed by atoms with Crippen LogP contribution < -0.4 is 11.4 Å². The quantitative estimate of drug-likeness (QED) is 0.598. The van der Waals surface area contributed by atoms with Crippen LogP contribution in [0.15, 0.2) is 11.0 Å². The summed E-state index contributed by atoms with van der Waals surface area (Å²) in [5.41, 5.74) is 5.01. The van der Waals surface area contributed by atoms with Gasteiger partial charge in [-0.05, 0) is 22.6 Å². The largest absolute Gasteiger partial charge is 0.394 e. The number of rotatable bonds is 2. The summed E-state index contributed by atoms with van der Waals surface area (Å²) in [6.45, 7) is 1.46. The van der Waals surface area contributed by atoms with Gasteiger partial charge in [0.05, 0.1) is 16.3 Å². The molecule has 2 heterocycles. The van der Waals surface area contributed by atoms with Crippen LogP contribution in [0.4, 0.5) is 5.82 Å². The molecule has 18 heavy (non-hydrogen) atoms. The topological polar surface area (TPSA) is 111 Å². The molecule has 0 bridgehead atoms. The number of hydrogen-bond donors (Lipinski definition) is 3. The number of ether oxygens (including phenoxy) is 1. The zero-order chi connectivity index (χ0) is 13.4. The fraction of sp³-hybridized carbons (Fsp3) is 0.600. The van der Waals surface area contributed by atoms with Gasteiger partial charge in [-0.25, -0.2) is 4.79 Å². The van der Waals surface area contributed by atoms with E-state index in [0.29, 0.717) is 3.57 Å². The van der Waals surface area contributed by atoms with Crippen molar-refractivity contribution in [1.29, 1.82) is 0 Å². The van der Waals surface area contributed by atoms with E-state index in [1.165, 1.54) is 4.57 Å². The van der Waals surface area contributed by atoms with Gasteiger partial charge in [0.2, 0.25) is 0 Å². The van der Waals surface area contributed by atoms with Gasteiger partial charge in [0.15, 0.2) is 0 Å². The molecule has 0 aromatic carbocycles. The molecule has 0 amide bonds. The Bertz CT molecular complexity index is 506. The van der Waals surface area contributed by atoms with Crippen molar-refractivity contribution >= 4 is 28.4 Å². The minimum atomic E-state index is -0.817. The summed E-state index contributed by atoms with van der Waals surface area (Å²) >= 11 is 1.97. The number of halogens is 1. The normalized spacial score (nSPS) is 31.8. The SMILES string of the molecule is C[C@H]1[C@H](O)[C@@H](CO)O[C@H]1n1cc(I)c(N)nc1=O. The Morgan fingerprint density at radius 1 is 1.67 bits per heavy atom. The Balaban J connectivity index is 2.39. The highest BCUT2D eigenvalue weighted by Crippen LogP contribution is 2.33. The summed E-state index contributed by atoms with van der Waals surface area (Å²) in [5, 5.41) is 18.9. The van der Waals surface area contributed by atoms with Crippen molar-refractivity contribution in [3.8, 4) is 0 Å². The van der Waals surface area contributed by atoms with Crippen molar-refractivity contribution in [1.82, 2.24) is 9.55 Å². The number of aliphatic hydroxyl groups is 2. The molecule has 1 aromatic heterocycles. The molecule has 0 spiro atoms. The zero-order valence-corrected chi connectivity index (χ0v) is 11.8. The van der Waals surface area contributed by atoms with Crippen LogP contribution in [0.2, 0.25) is 0 Å². The molecule has 0 radical (unpaired) electrons. The summed E-state index contributed by atoms with van der Waals surface area (Å²) < 4.78 is 7.40. The molecule has 1 fully saturated rings. The van der Waals surface area contributed by atoms with Crippen molar-refractivity contribution < 1.29 is 14.9 Å². The van der Waals surface area contributed by atoms with E-state index in [0.717, 1.165) is 0 Å². The summed E-state index contributed by atoms with van der Waals surface area (Å²) in [7, 11) is 0. The van der Waals surface area contributed by atoms with Gasteiger partial charge in [-0.1, -0.05) is 6.92 Å². The summed E-state index contributed by atoms with van der Waals surface area (Å²) in [5.74, 6) is -0.150. The third-order valence-corrected chi connectivity index (χ3v) is 3.90. The van der Waals surface area contributed by atoms with Crippen molar-refractivity contribution in [2.24, 2.45) is 5.92 Å². The second kappa shape index (κ2) is 5.11. The van der Waals surface area contributed by atoms with Crippen LogP contribution in [0.5, 0.6) is 0 Å². The molecule has 4 N–H and O–H groups in total. The molecule has 1 aliphatic heterocycles. The van der Waals surface area contributed by atoms with Gasteiger partial charge in [0.25, 0.3) is 0 Å². The predicted octanol–water partition coefficient (Wildman–Crippen LogP) is -0.683. The minimum absolute atomic E-state index is 0.168. The van der Waals surface area contributed by atoms with E-state index >= 15 is 0 Å². The molecular weight excluding hydrogens is 353 g/mol. The first kappa shape index (κ1) is 13.7. The highest BCUT2D eigenvalue weighted by Gasteiger charge is 2.41. The van der Waals surface area contributed by atoms with E-state index in [-0.39, 0.29) is 18.3 Å². The molecule has 100 valence electrons. The van der Waals surface area contributed by atoms with Gasteiger partial charge < -0.3 is 20.7 Å². The number of anilines is 1. The van der Waals surface area contributed by atoms with Gasteiger partial charge in [-0.2, -0.15) is 4.98 Å². The van der Waals surface area contributed by atoms with E-state index in [2.05, 4.69) is 4.98 Å². The lowest BCUT2D eigenvalue weighted by Crippen LogP contribution is -2.31. The molecule has 8 heteroatoms. The molecule has 0 saturated carbocycles. The fourth-order valence-electron chi connectivity index (χ4n) is 2.00. The number of aromatic nitrogens is 2. The molecule has 1 saturated heterocycles. The van der Waals surface area contributed by atoms with Crippen LogP contribution in [0, 0.1) is 9.49 Å². The highest BCUT2D eigenvalue weighted by molar-refractivity contribution is 14.1. The van der Waals surface area contributed by atoms with Gasteiger partial charge in [-0.3, -0.25) is 4.57 Å². The second-order valence-corrected chi connectivity index (χ2v) is 5.42. The number of nitrogen functional groups attached to an aromatic ring is 1. The number of nitrogens with two attached hydrogens (primary N) is 1. The van der Waals surface area contributed by atoms with Gasteiger partial charge in [-0.15, -0.1) is 0 Å². The van der Waals surface area contributed by atoms with Crippen LogP contribution in [-0.4, -0.2) is 38.6 Å². The Kier molecular flexibility index (Phi) is 3.90. The third-order valence-electron chi connectivity index (χ3n) is 3.07. The Morgan fingerprint density at radius 3 is 2.89 bits per heavy atom. The average molecular weight is 367 g/mol. The van der Waals surface area contributed by atoms with Crippen molar-refractivity contribution in [2.45, 2.75) is 25.4 Å². The van der Waals surface area contributed by atoms with Gasteiger partial charge in [0.1, 0.15) is 18.1 Å². The molecule has 4 atom stereocenters. The van der Waals surface area contributed by atoms with Crippen LogP contribution in [-0.2, 0) is 4.74 Å². The first-order chi connectivity index (χ1) is 8.45. The maximum atomic E-state index is 11.8. The number of hydrogen-bond acceptors (Lipinski definition) is 6. The summed E-state index contributed by atoms with van der Waals surface area (Å²) in [6, 6.07) is 0. The zero-order valence-electron chi connectivity index (χ0n) is 9.65. The maximum absolute atomic E-state index is 11.8. The van der Waals surface area contributed by atoms with E-state index in [4.69, 9.17) is 15.6 Å². The molecule has 1 aliphatic rings. The minimum Gasteiger partial charge on any atom is -0.394 e. The van der Waals surface area contributed by atoms with E-state index in [1.54, 1.807) is 13.1 Å². The van der Waals surface area contributed by atoms with Crippen molar-refractivity contribution in [2.75, 3.05) is 12.3 Å². The van der Waals surface area contributed by atoms with Crippen LogP contribution >= 0.6 is 22.6 Å². The van der Waals surface area contributed by atoms with E-state index in [1.807, 2.05) is 22.6 Å². The molecule has 7 nitrogen and oxygen atoms in total. The molecular formula is C10H14IN3O4. The lowest BCUT2D eigenvalue weighted by atomic mass is 10.0. The second-order valence-electron chi connectivity index (χ2n) is 4.26. The van der Waals surface area contributed by atoms with Crippen LogP contribution in [0.3, 0.4) is 0 Å². The van der Waals surface area contributed by atoms with Crippen molar-refractivity contribution in [3.05, 3.63) is 20.3 Å². The van der Waals surface area contributed by atoms with Crippen LogP contribution in [0.25, 0.3) is 0 Å². The third kappa shape index (κ3) is 2.25. The summed E-state index contributed by atoms with van der Waals surface area (Å²) in [4.78, 5) is 15.5. The Labute approximate surface area is 117 Å². The fourth-order valence-corrected chi connectivity index (χ4v) is 2.42. The molecule has 2 rings (SSSR count). The first-order valence-corrected chi connectivity index (χ1v) is 6.52. The van der Waals surface area contributed by atoms with E-state index < -0.39 is 24.1 Å². The number of nitrogens with zero attached hydrogens (tertiary/aromatic N) is 2. The smallest absolute Gasteiger partial charge is 0.351 e. The van der Waals surface area contributed by atoms with Crippen molar-refractivity contribution in [3.63, 3.8) is 0 Å². The molecule has 0 unspecified atom stereocenters. The standard InChI is InChI=1S/C10H14IN3O4/c1-4-7(16)6(3-15)18-9(4)14-2-5(11)8(12)13-10(14)17/h2,4,6-7,9,15-16H,3H2,1H3,(H2,12,13,17)/t4-,6+,7-,9+/m0/s1. The van der Waals surface area contributed by atoms with Crippen LogP contribution in [0.1, 0.15) is 13.2 Å². The monoisotopic (exact) mass is 367 g/mol. The van der Waals surface area contributed by atoms with Gasteiger partial charge >= 0.3 is 5.69 Å². The molecule has 1 aromatic rings. The number of aliphatic hydroxyl groups excluding tert-OH is 2. The highest BCUT2D eigenvalue weighted by atomic mass is 127. The maximum Gasteiger partial charge on any atom is 0.351 e. The lowest BCUT2D eigenvalue weighted by Gasteiger charge is -2.18. The Morgan fingerprint density at radius 2 is 2.33 bits per heavy atom. The van der Waals surface area contributed by atoms with Gasteiger partial charge in [0, 0.05) is 12.1 Å².